The third-order valence-electron chi connectivity index (χ3n) is 2.64. The molecule has 0 heterocycles. The fourth-order valence-electron chi connectivity index (χ4n) is 1.54. The van der Waals surface area contributed by atoms with Crippen molar-refractivity contribution in [2.24, 2.45) is 5.73 Å². The number of primary amides is 1. The first kappa shape index (κ1) is 16.9. The number of ether oxygens (including phenoxy) is 2. The third kappa shape index (κ3) is 6.73. The van der Waals surface area contributed by atoms with E-state index in [-0.39, 0.29) is 6.54 Å². The van der Waals surface area contributed by atoms with Crippen molar-refractivity contribution in [2.45, 2.75) is 19.1 Å². The minimum atomic E-state index is -1.42. The average Bonchev–Trinajstić information content (AvgIpc) is 2.45. The molecule has 0 bridgehead atoms. The Hall–Kier alpha value is -2.12. The van der Waals surface area contributed by atoms with E-state index in [0.29, 0.717) is 19.0 Å². The summed E-state index contributed by atoms with van der Waals surface area (Å²) >= 11 is 0. The van der Waals surface area contributed by atoms with Gasteiger partial charge in [0.05, 0.1) is 13.0 Å². The second-order valence-electron chi connectivity index (χ2n) is 4.39. The first-order valence-corrected chi connectivity index (χ1v) is 6.47. The lowest BCUT2D eigenvalue weighted by Gasteiger charge is -2.10. The van der Waals surface area contributed by atoms with Crippen LogP contribution in [0.2, 0.25) is 0 Å². The topological polar surface area (TPSA) is 111 Å². The Kier molecular flexibility index (Phi) is 7.20. The van der Waals surface area contributed by atoms with Crippen molar-refractivity contribution < 1.29 is 24.2 Å². The molecular weight excluding hydrogens is 276 g/mol. The molecule has 0 radical (unpaired) electrons. The van der Waals surface area contributed by atoms with Crippen molar-refractivity contribution >= 4 is 11.8 Å². The molecule has 1 aromatic rings. The number of benzene rings is 1. The first-order valence-electron chi connectivity index (χ1n) is 6.47. The number of rotatable bonds is 9. The van der Waals surface area contributed by atoms with Gasteiger partial charge in [-0.25, -0.2) is 0 Å². The molecule has 2 amide bonds. The Morgan fingerprint density at radius 3 is 2.52 bits per heavy atom. The fourth-order valence-corrected chi connectivity index (χ4v) is 1.54. The molecule has 21 heavy (non-hydrogen) atoms. The van der Waals surface area contributed by atoms with E-state index in [1.54, 1.807) is 31.4 Å². The summed E-state index contributed by atoms with van der Waals surface area (Å²) in [6.45, 7) is 1.22. The van der Waals surface area contributed by atoms with Gasteiger partial charge in [0.15, 0.2) is 0 Å². The molecule has 1 atom stereocenters. The van der Waals surface area contributed by atoms with Gasteiger partial charge in [-0.15, -0.1) is 0 Å². The summed E-state index contributed by atoms with van der Waals surface area (Å²) in [5.41, 5.74) is 5.74. The van der Waals surface area contributed by atoms with Crippen LogP contribution in [0.25, 0.3) is 0 Å². The largest absolute Gasteiger partial charge is 0.491 e. The lowest BCUT2D eigenvalue weighted by atomic mass is 10.2. The Bertz CT molecular complexity index is 461. The lowest BCUT2D eigenvalue weighted by Crippen LogP contribution is -2.36. The molecule has 0 aliphatic heterocycles. The zero-order chi connectivity index (χ0) is 15.7. The third-order valence-corrected chi connectivity index (χ3v) is 2.64. The SMILES string of the molecule is COCCOc1ccc(CNC(=O)C(O)CC(N)=O)cc1. The van der Waals surface area contributed by atoms with Gasteiger partial charge in [-0.2, -0.15) is 0 Å². The van der Waals surface area contributed by atoms with Gasteiger partial charge in [0.1, 0.15) is 18.5 Å². The molecular formula is C14H20N2O5. The maximum atomic E-state index is 11.5. The van der Waals surface area contributed by atoms with Crippen LogP contribution in [-0.2, 0) is 20.9 Å². The van der Waals surface area contributed by atoms with E-state index in [1.807, 2.05) is 0 Å². The van der Waals surface area contributed by atoms with Crippen LogP contribution in [0.4, 0.5) is 0 Å². The van der Waals surface area contributed by atoms with E-state index < -0.39 is 24.3 Å². The summed E-state index contributed by atoms with van der Waals surface area (Å²) in [7, 11) is 1.60. The molecule has 0 saturated carbocycles. The molecule has 1 rings (SSSR count). The molecule has 116 valence electrons. The molecule has 1 unspecified atom stereocenters. The number of amides is 2. The van der Waals surface area contributed by atoms with Crippen LogP contribution in [0.3, 0.4) is 0 Å². The summed E-state index contributed by atoms with van der Waals surface area (Å²) in [5, 5.41) is 11.9. The summed E-state index contributed by atoms with van der Waals surface area (Å²) in [4.78, 5) is 22.1. The van der Waals surface area contributed by atoms with Crippen molar-refractivity contribution in [2.75, 3.05) is 20.3 Å². The van der Waals surface area contributed by atoms with Crippen molar-refractivity contribution in [1.82, 2.24) is 5.32 Å². The van der Waals surface area contributed by atoms with Crippen LogP contribution in [0.1, 0.15) is 12.0 Å². The number of aliphatic hydroxyl groups is 1. The van der Waals surface area contributed by atoms with Crippen molar-refractivity contribution in [3.05, 3.63) is 29.8 Å². The van der Waals surface area contributed by atoms with Crippen LogP contribution >= 0.6 is 0 Å². The van der Waals surface area contributed by atoms with Gasteiger partial charge < -0.3 is 25.6 Å². The molecule has 0 saturated heterocycles. The quantitative estimate of drug-likeness (QED) is 0.535. The van der Waals surface area contributed by atoms with Crippen molar-refractivity contribution in [3.63, 3.8) is 0 Å². The monoisotopic (exact) mass is 296 g/mol. The van der Waals surface area contributed by atoms with Gasteiger partial charge in [-0.3, -0.25) is 9.59 Å². The maximum Gasteiger partial charge on any atom is 0.249 e. The number of carbonyl (C=O) groups excluding carboxylic acids is 2. The highest BCUT2D eigenvalue weighted by molar-refractivity contribution is 5.86. The lowest BCUT2D eigenvalue weighted by molar-refractivity contribution is -0.133. The minimum absolute atomic E-state index is 0.243. The van der Waals surface area contributed by atoms with Crippen LogP contribution in [0, 0.1) is 0 Å². The molecule has 0 fully saturated rings. The summed E-state index contributed by atoms with van der Waals surface area (Å²) in [5.74, 6) is -0.652. The fraction of sp³-hybridized carbons (Fsp3) is 0.429. The highest BCUT2D eigenvalue weighted by Gasteiger charge is 2.16. The van der Waals surface area contributed by atoms with E-state index in [1.165, 1.54) is 0 Å². The number of aliphatic hydroxyl groups excluding tert-OH is 1. The predicted molar refractivity (Wildman–Crippen MR) is 75.5 cm³/mol. The van der Waals surface area contributed by atoms with Gasteiger partial charge in [-0.1, -0.05) is 12.1 Å². The van der Waals surface area contributed by atoms with Gasteiger partial charge in [-0.05, 0) is 17.7 Å². The number of hydrogen-bond acceptors (Lipinski definition) is 5. The molecule has 4 N–H and O–H groups in total. The van der Waals surface area contributed by atoms with Crippen molar-refractivity contribution in [1.29, 1.82) is 0 Å². The van der Waals surface area contributed by atoms with E-state index in [9.17, 15) is 14.7 Å². The number of nitrogens with two attached hydrogens (primary N) is 1. The smallest absolute Gasteiger partial charge is 0.249 e. The van der Waals surface area contributed by atoms with Crippen molar-refractivity contribution in [3.8, 4) is 5.75 Å². The Balaban J connectivity index is 2.38. The Morgan fingerprint density at radius 1 is 1.29 bits per heavy atom. The minimum Gasteiger partial charge on any atom is -0.491 e. The highest BCUT2D eigenvalue weighted by atomic mass is 16.5. The molecule has 0 spiro atoms. The maximum absolute atomic E-state index is 11.5. The molecule has 7 heteroatoms. The van der Waals surface area contributed by atoms with Crippen LogP contribution in [0.15, 0.2) is 24.3 Å². The Labute approximate surface area is 123 Å². The van der Waals surface area contributed by atoms with E-state index in [2.05, 4.69) is 5.32 Å². The zero-order valence-corrected chi connectivity index (χ0v) is 11.9. The number of nitrogens with one attached hydrogen (secondary N) is 1. The second-order valence-corrected chi connectivity index (χ2v) is 4.39. The Morgan fingerprint density at radius 2 is 1.95 bits per heavy atom. The summed E-state index contributed by atoms with van der Waals surface area (Å²) in [6, 6.07) is 7.14. The average molecular weight is 296 g/mol. The first-order chi connectivity index (χ1) is 10.0. The van der Waals surface area contributed by atoms with Crippen LogP contribution in [0.5, 0.6) is 5.75 Å². The van der Waals surface area contributed by atoms with E-state index in [0.717, 1.165) is 5.56 Å². The second kappa shape index (κ2) is 8.93. The number of carbonyl (C=O) groups is 2. The molecule has 0 aromatic heterocycles. The molecule has 1 aromatic carbocycles. The molecule has 0 aliphatic rings. The van der Waals surface area contributed by atoms with Crippen LogP contribution < -0.4 is 15.8 Å². The van der Waals surface area contributed by atoms with E-state index >= 15 is 0 Å². The number of hydrogen-bond donors (Lipinski definition) is 3. The summed E-state index contributed by atoms with van der Waals surface area (Å²) in [6.07, 6.45) is -1.81. The van der Waals surface area contributed by atoms with Gasteiger partial charge in [0.25, 0.3) is 0 Å². The van der Waals surface area contributed by atoms with Gasteiger partial charge in [0, 0.05) is 13.7 Å². The zero-order valence-electron chi connectivity index (χ0n) is 11.9. The van der Waals surface area contributed by atoms with Gasteiger partial charge in [0.2, 0.25) is 11.8 Å². The normalized spacial score (nSPS) is 11.7. The van der Waals surface area contributed by atoms with E-state index in [4.69, 9.17) is 15.2 Å². The number of methoxy groups -OCH3 is 1. The van der Waals surface area contributed by atoms with Gasteiger partial charge >= 0.3 is 0 Å². The molecule has 0 aliphatic carbocycles. The highest BCUT2D eigenvalue weighted by Crippen LogP contribution is 2.12. The van der Waals surface area contributed by atoms with Crippen LogP contribution in [-0.4, -0.2) is 43.3 Å². The standard InChI is InChI=1S/C14H20N2O5/c1-20-6-7-21-11-4-2-10(3-5-11)9-16-14(19)12(17)8-13(15)18/h2-5,12,17H,6-9H2,1H3,(H2,15,18)(H,16,19). The molecule has 7 nitrogen and oxygen atoms in total. The predicted octanol–water partition coefficient (Wildman–Crippen LogP) is -0.436. The summed E-state index contributed by atoms with van der Waals surface area (Å²) < 4.78 is 10.3.